The summed E-state index contributed by atoms with van der Waals surface area (Å²) < 4.78 is 2.23. The van der Waals surface area contributed by atoms with E-state index in [4.69, 9.17) is 11.6 Å². The van der Waals surface area contributed by atoms with Crippen LogP contribution in [0, 0.1) is 6.92 Å². The monoisotopic (exact) mass is 328 g/mol. The maximum Gasteiger partial charge on any atom is 0.246 e. The van der Waals surface area contributed by atoms with Gasteiger partial charge in [-0.05, 0) is 40.5 Å². The van der Waals surface area contributed by atoms with Gasteiger partial charge in [-0.1, -0.05) is 11.6 Å². The maximum absolute atomic E-state index is 11.8. The Hall–Kier alpha value is -1.40. The van der Waals surface area contributed by atoms with Gasteiger partial charge in [0.2, 0.25) is 5.91 Å². The molecule has 0 aliphatic carbocycles. The third kappa shape index (κ3) is 3.08. The fraction of sp³-hybridized carbons (Fsp3) is 0.182. The fourth-order valence-corrected chi connectivity index (χ4v) is 2.11. The van der Waals surface area contributed by atoms with E-state index in [9.17, 15) is 4.79 Å². The first-order valence-corrected chi connectivity index (χ1v) is 6.31. The van der Waals surface area contributed by atoms with E-state index in [2.05, 4.69) is 31.3 Å². The Balaban J connectivity index is 2.09. The molecule has 0 bridgehead atoms. The van der Waals surface area contributed by atoms with E-state index < -0.39 is 0 Å². The van der Waals surface area contributed by atoms with E-state index in [1.807, 2.05) is 13.0 Å². The van der Waals surface area contributed by atoms with E-state index >= 15 is 0 Å². The molecule has 0 atom stereocenters. The van der Waals surface area contributed by atoms with Crippen molar-refractivity contribution < 1.29 is 4.79 Å². The van der Waals surface area contributed by atoms with Crippen LogP contribution in [0.1, 0.15) is 5.56 Å². The SMILES string of the molecule is Cc1cc(Br)c(NC(=O)Cn2cncn2)cc1Cl. The van der Waals surface area contributed by atoms with Crippen molar-refractivity contribution in [3.8, 4) is 0 Å². The molecule has 2 aromatic rings. The molecular formula is C11H10BrClN4O. The lowest BCUT2D eigenvalue weighted by Gasteiger charge is -2.09. The lowest BCUT2D eigenvalue weighted by Crippen LogP contribution is -2.19. The van der Waals surface area contributed by atoms with Crippen LogP contribution in [0.2, 0.25) is 5.02 Å². The van der Waals surface area contributed by atoms with E-state index in [-0.39, 0.29) is 12.5 Å². The summed E-state index contributed by atoms with van der Waals surface area (Å²) in [5.74, 6) is -0.193. The first-order valence-electron chi connectivity index (χ1n) is 5.14. The molecule has 0 saturated heterocycles. The highest BCUT2D eigenvalue weighted by atomic mass is 79.9. The lowest BCUT2D eigenvalue weighted by atomic mass is 10.2. The Morgan fingerprint density at radius 3 is 3.00 bits per heavy atom. The van der Waals surface area contributed by atoms with Gasteiger partial charge in [-0.3, -0.25) is 4.79 Å². The Labute approximate surface area is 117 Å². The molecule has 1 aromatic heterocycles. The summed E-state index contributed by atoms with van der Waals surface area (Å²) in [7, 11) is 0. The van der Waals surface area contributed by atoms with Crippen LogP contribution in [-0.4, -0.2) is 20.7 Å². The van der Waals surface area contributed by atoms with Gasteiger partial charge < -0.3 is 5.32 Å². The maximum atomic E-state index is 11.8. The molecule has 1 heterocycles. The van der Waals surface area contributed by atoms with Crippen molar-refractivity contribution in [3.63, 3.8) is 0 Å². The first-order chi connectivity index (χ1) is 8.56. The van der Waals surface area contributed by atoms with Crippen LogP contribution in [0.15, 0.2) is 29.3 Å². The highest BCUT2D eigenvalue weighted by Gasteiger charge is 2.09. The van der Waals surface area contributed by atoms with Gasteiger partial charge in [0.1, 0.15) is 19.2 Å². The Morgan fingerprint density at radius 1 is 1.56 bits per heavy atom. The summed E-state index contributed by atoms with van der Waals surface area (Å²) in [5, 5.41) is 7.22. The van der Waals surface area contributed by atoms with Gasteiger partial charge in [-0.15, -0.1) is 0 Å². The van der Waals surface area contributed by atoms with Gasteiger partial charge in [0.25, 0.3) is 0 Å². The van der Waals surface area contributed by atoms with Crippen molar-refractivity contribution in [1.29, 1.82) is 0 Å². The van der Waals surface area contributed by atoms with Crippen LogP contribution in [0.3, 0.4) is 0 Å². The van der Waals surface area contributed by atoms with Crippen LogP contribution in [-0.2, 0) is 11.3 Å². The quantitative estimate of drug-likeness (QED) is 0.941. The number of carbonyl (C=O) groups excluding carboxylic acids is 1. The molecule has 0 spiro atoms. The number of benzene rings is 1. The molecule has 0 saturated carbocycles. The minimum Gasteiger partial charge on any atom is -0.323 e. The van der Waals surface area contributed by atoms with Crippen molar-refractivity contribution >= 4 is 39.1 Å². The molecule has 0 fully saturated rings. The molecular weight excluding hydrogens is 320 g/mol. The lowest BCUT2D eigenvalue weighted by molar-refractivity contribution is -0.116. The number of rotatable bonds is 3. The number of halogens is 2. The van der Waals surface area contributed by atoms with Crippen molar-refractivity contribution in [2.45, 2.75) is 13.5 Å². The number of nitrogens with one attached hydrogen (secondary N) is 1. The number of hydrogen-bond acceptors (Lipinski definition) is 3. The van der Waals surface area contributed by atoms with Gasteiger partial charge >= 0.3 is 0 Å². The predicted molar refractivity (Wildman–Crippen MR) is 72.5 cm³/mol. The Kier molecular flexibility index (Phi) is 3.98. The molecule has 94 valence electrons. The molecule has 1 N–H and O–H groups in total. The Morgan fingerprint density at radius 2 is 2.33 bits per heavy atom. The minimum absolute atomic E-state index is 0.109. The molecule has 1 aromatic carbocycles. The van der Waals surface area contributed by atoms with Gasteiger partial charge in [0.15, 0.2) is 0 Å². The van der Waals surface area contributed by atoms with Crippen LogP contribution >= 0.6 is 27.5 Å². The average Bonchev–Trinajstić information content (AvgIpc) is 2.78. The number of carbonyl (C=O) groups is 1. The van der Waals surface area contributed by atoms with Crippen molar-refractivity contribution in [2.75, 3.05) is 5.32 Å². The summed E-state index contributed by atoms with van der Waals surface area (Å²) in [4.78, 5) is 15.5. The standard InChI is InChI=1S/C11H10BrClN4O/c1-7-2-8(12)10(3-9(7)13)16-11(18)4-17-6-14-5-15-17/h2-3,5-6H,4H2,1H3,(H,16,18). The molecule has 1 amide bonds. The Bertz CT molecular complexity index is 571. The number of aromatic nitrogens is 3. The highest BCUT2D eigenvalue weighted by Crippen LogP contribution is 2.29. The third-order valence-electron chi connectivity index (χ3n) is 2.29. The topological polar surface area (TPSA) is 59.8 Å². The zero-order chi connectivity index (χ0) is 13.1. The van der Waals surface area contributed by atoms with E-state index in [0.717, 1.165) is 10.0 Å². The molecule has 2 rings (SSSR count). The number of aryl methyl sites for hydroxylation is 1. The number of nitrogens with zero attached hydrogens (tertiary/aromatic N) is 3. The number of hydrogen-bond donors (Lipinski definition) is 1. The van der Waals surface area contributed by atoms with Crippen molar-refractivity contribution in [3.05, 3.63) is 39.8 Å². The zero-order valence-electron chi connectivity index (χ0n) is 9.52. The highest BCUT2D eigenvalue weighted by molar-refractivity contribution is 9.10. The summed E-state index contributed by atoms with van der Waals surface area (Å²) in [5.41, 5.74) is 1.58. The number of amides is 1. The van der Waals surface area contributed by atoms with Crippen LogP contribution < -0.4 is 5.32 Å². The first kappa shape index (κ1) is 13.0. The van der Waals surface area contributed by atoms with Gasteiger partial charge in [-0.2, -0.15) is 5.10 Å². The molecule has 0 radical (unpaired) electrons. The molecule has 0 aliphatic heterocycles. The minimum atomic E-state index is -0.193. The van der Waals surface area contributed by atoms with Crippen LogP contribution in [0.5, 0.6) is 0 Å². The third-order valence-corrected chi connectivity index (χ3v) is 3.36. The van der Waals surface area contributed by atoms with Crippen molar-refractivity contribution in [2.24, 2.45) is 0 Å². The molecule has 18 heavy (non-hydrogen) atoms. The second-order valence-corrected chi connectivity index (χ2v) is 4.98. The van der Waals surface area contributed by atoms with Crippen molar-refractivity contribution in [1.82, 2.24) is 14.8 Å². The summed E-state index contributed by atoms with van der Waals surface area (Å²) >= 11 is 9.39. The van der Waals surface area contributed by atoms with Crippen LogP contribution in [0.4, 0.5) is 5.69 Å². The molecule has 5 nitrogen and oxygen atoms in total. The zero-order valence-corrected chi connectivity index (χ0v) is 11.9. The van der Waals surface area contributed by atoms with E-state index in [1.54, 1.807) is 6.07 Å². The largest absolute Gasteiger partial charge is 0.323 e. The summed E-state index contributed by atoms with van der Waals surface area (Å²) in [6.07, 6.45) is 2.86. The number of anilines is 1. The van der Waals surface area contributed by atoms with Crippen LogP contribution in [0.25, 0.3) is 0 Å². The second-order valence-electron chi connectivity index (χ2n) is 3.72. The summed E-state index contributed by atoms with van der Waals surface area (Å²) in [6.45, 7) is 2.01. The average molecular weight is 330 g/mol. The van der Waals surface area contributed by atoms with E-state index in [1.165, 1.54) is 17.3 Å². The van der Waals surface area contributed by atoms with Gasteiger partial charge in [0, 0.05) is 9.50 Å². The normalized spacial score (nSPS) is 10.4. The van der Waals surface area contributed by atoms with E-state index in [0.29, 0.717) is 10.7 Å². The fourth-order valence-electron chi connectivity index (χ4n) is 1.39. The van der Waals surface area contributed by atoms with Gasteiger partial charge in [-0.25, -0.2) is 9.67 Å². The summed E-state index contributed by atoms with van der Waals surface area (Å²) in [6, 6.07) is 3.56. The molecule has 0 unspecified atom stereocenters. The predicted octanol–water partition coefficient (Wildman–Crippen LogP) is 2.64. The smallest absolute Gasteiger partial charge is 0.246 e. The van der Waals surface area contributed by atoms with Gasteiger partial charge in [0.05, 0.1) is 5.69 Å². The second kappa shape index (κ2) is 5.49. The molecule has 0 aliphatic rings. The molecule has 7 heteroatoms.